The van der Waals surface area contributed by atoms with Gasteiger partial charge in [-0.3, -0.25) is 4.79 Å². The number of para-hydroxylation sites is 1. The molecule has 3 aromatic rings. The predicted octanol–water partition coefficient (Wildman–Crippen LogP) is 4.92. The Kier molecular flexibility index (Phi) is 5.83. The van der Waals surface area contributed by atoms with Gasteiger partial charge in [0.25, 0.3) is 5.76 Å². The van der Waals surface area contributed by atoms with Gasteiger partial charge in [-0.25, -0.2) is 4.79 Å². The van der Waals surface area contributed by atoms with Crippen molar-refractivity contribution in [3.05, 3.63) is 62.9 Å². The van der Waals surface area contributed by atoms with Gasteiger partial charge in [0.2, 0.25) is 11.2 Å². The van der Waals surface area contributed by atoms with Gasteiger partial charge in [0.05, 0.1) is 17.0 Å². The van der Waals surface area contributed by atoms with Crippen molar-refractivity contribution in [1.29, 1.82) is 0 Å². The van der Waals surface area contributed by atoms with Crippen molar-refractivity contribution in [2.24, 2.45) is 0 Å². The lowest BCUT2D eigenvalue weighted by atomic mass is 10.2. The van der Waals surface area contributed by atoms with Crippen molar-refractivity contribution in [1.82, 2.24) is 0 Å². The Morgan fingerprint density at radius 3 is 2.55 bits per heavy atom. The van der Waals surface area contributed by atoms with Gasteiger partial charge >= 0.3 is 12.1 Å². The average Bonchev–Trinajstić information content (AvgIpc) is 2.68. The van der Waals surface area contributed by atoms with Crippen molar-refractivity contribution in [3.8, 4) is 17.2 Å². The molecule has 0 aliphatic carbocycles. The van der Waals surface area contributed by atoms with E-state index in [4.69, 9.17) is 13.9 Å². The van der Waals surface area contributed by atoms with Crippen LogP contribution >= 0.6 is 15.9 Å². The van der Waals surface area contributed by atoms with Crippen LogP contribution in [0.15, 0.2) is 56.1 Å². The fourth-order valence-corrected chi connectivity index (χ4v) is 2.73. The van der Waals surface area contributed by atoms with Gasteiger partial charge < -0.3 is 18.6 Å². The molecule has 0 aliphatic heterocycles. The highest BCUT2D eigenvalue weighted by Crippen LogP contribution is 2.39. The first-order chi connectivity index (χ1) is 13.7. The van der Waals surface area contributed by atoms with Crippen LogP contribution in [0.2, 0.25) is 0 Å². The fraction of sp³-hybridized carbons (Fsp3) is 0.158. The van der Waals surface area contributed by atoms with Crippen LogP contribution in [0, 0.1) is 0 Å². The molecule has 1 aromatic heterocycles. The van der Waals surface area contributed by atoms with Crippen LogP contribution in [-0.4, -0.2) is 19.7 Å². The summed E-state index contributed by atoms with van der Waals surface area (Å²) < 4.78 is 60.8. The van der Waals surface area contributed by atoms with E-state index in [0.717, 1.165) is 13.2 Å². The first kappa shape index (κ1) is 20.7. The third kappa shape index (κ3) is 4.53. The summed E-state index contributed by atoms with van der Waals surface area (Å²) in [4.78, 5) is 23.9. The number of carbonyl (C=O) groups is 1. The van der Waals surface area contributed by atoms with Crippen LogP contribution < -0.4 is 14.9 Å². The summed E-state index contributed by atoms with van der Waals surface area (Å²) in [7, 11) is 1.16. The first-order valence-corrected chi connectivity index (χ1v) is 8.80. The molecule has 0 unspecified atom stereocenters. The topological polar surface area (TPSA) is 75.0 Å². The zero-order chi connectivity index (χ0) is 21.2. The molecule has 0 saturated heterocycles. The number of halogens is 4. The van der Waals surface area contributed by atoms with Gasteiger partial charge in [-0.2, -0.15) is 13.2 Å². The zero-order valence-corrected chi connectivity index (χ0v) is 16.3. The number of benzene rings is 2. The van der Waals surface area contributed by atoms with E-state index in [0.29, 0.717) is 4.47 Å². The summed E-state index contributed by atoms with van der Waals surface area (Å²) in [5, 5.41) is -0.148. The summed E-state index contributed by atoms with van der Waals surface area (Å²) in [6.45, 7) is -0.457. The number of rotatable bonds is 5. The second-order valence-corrected chi connectivity index (χ2v) is 6.50. The molecule has 0 bridgehead atoms. The molecule has 0 N–H and O–H groups in total. The lowest BCUT2D eigenvalue weighted by Crippen LogP contribution is -2.16. The van der Waals surface area contributed by atoms with Crippen molar-refractivity contribution >= 4 is 32.9 Å². The summed E-state index contributed by atoms with van der Waals surface area (Å²) in [5.41, 5.74) is -1.38. The molecule has 6 nitrogen and oxygen atoms in total. The number of alkyl halides is 3. The summed E-state index contributed by atoms with van der Waals surface area (Å²) in [6, 6.07) is 9.75. The van der Waals surface area contributed by atoms with Gasteiger partial charge in [0, 0.05) is 6.07 Å². The SMILES string of the molecule is COC(=O)COc1ccc2c(=O)c(Oc3ccccc3Br)c(C(F)(F)F)oc2c1. The van der Waals surface area contributed by atoms with Gasteiger partial charge in [-0.15, -0.1) is 0 Å². The molecule has 1 heterocycles. The van der Waals surface area contributed by atoms with Crippen LogP contribution in [0.25, 0.3) is 11.0 Å². The Labute approximate surface area is 169 Å². The molecule has 0 spiro atoms. The van der Waals surface area contributed by atoms with E-state index in [1.165, 1.54) is 18.2 Å². The molecule has 10 heteroatoms. The maximum atomic E-state index is 13.5. The van der Waals surface area contributed by atoms with Gasteiger partial charge in [0.1, 0.15) is 17.1 Å². The Bertz CT molecular complexity index is 1120. The highest BCUT2D eigenvalue weighted by Gasteiger charge is 2.40. The van der Waals surface area contributed by atoms with E-state index >= 15 is 0 Å². The number of carbonyl (C=O) groups excluding carboxylic acids is 1. The zero-order valence-electron chi connectivity index (χ0n) is 14.7. The van der Waals surface area contributed by atoms with E-state index in [9.17, 15) is 22.8 Å². The van der Waals surface area contributed by atoms with Crippen LogP contribution in [0.1, 0.15) is 5.76 Å². The monoisotopic (exact) mass is 472 g/mol. The lowest BCUT2D eigenvalue weighted by molar-refractivity contribution is -0.154. The third-order valence-electron chi connectivity index (χ3n) is 3.71. The van der Waals surface area contributed by atoms with Crippen LogP contribution in [0.3, 0.4) is 0 Å². The quantitative estimate of drug-likeness (QED) is 0.490. The normalized spacial score (nSPS) is 11.3. The highest BCUT2D eigenvalue weighted by atomic mass is 79.9. The lowest BCUT2D eigenvalue weighted by Gasteiger charge is -2.14. The minimum atomic E-state index is -4.99. The second-order valence-electron chi connectivity index (χ2n) is 5.64. The van der Waals surface area contributed by atoms with E-state index in [1.807, 2.05) is 0 Å². The standard InChI is InChI=1S/C19H12BrF3O6/c1-26-15(24)9-27-10-6-7-11-14(8-10)29-18(19(21,22)23)17(16(11)25)28-13-5-3-2-4-12(13)20/h2-8H,9H2,1H3. The minimum Gasteiger partial charge on any atom is -0.482 e. The van der Waals surface area contributed by atoms with Crippen LogP contribution in [0.5, 0.6) is 17.2 Å². The molecule has 0 amide bonds. The van der Waals surface area contributed by atoms with Gasteiger partial charge in [-0.05, 0) is 40.2 Å². The Hall–Kier alpha value is -3.01. The molecule has 0 fully saturated rings. The molecular weight excluding hydrogens is 461 g/mol. The number of methoxy groups -OCH3 is 1. The van der Waals surface area contributed by atoms with Gasteiger partial charge in [0.15, 0.2) is 6.61 Å². The van der Waals surface area contributed by atoms with Crippen molar-refractivity contribution in [2.45, 2.75) is 6.18 Å². The smallest absolute Gasteiger partial charge is 0.453 e. The Morgan fingerprint density at radius 1 is 1.17 bits per heavy atom. The molecule has 29 heavy (non-hydrogen) atoms. The summed E-state index contributed by atoms with van der Waals surface area (Å²) in [6.07, 6.45) is -4.99. The molecule has 0 saturated carbocycles. The minimum absolute atomic E-state index is 0.0164. The predicted molar refractivity (Wildman–Crippen MR) is 99.2 cm³/mol. The van der Waals surface area contributed by atoms with E-state index in [1.54, 1.807) is 18.2 Å². The molecule has 2 aromatic carbocycles. The summed E-state index contributed by atoms with van der Waals surface area (Å²) in [5.74, 6) is -3.21. The highest BCUT2D eigenvalue weighted by molar-refractivity contribution is 9.10. The molecular formula is C19H12BrF3O6. The number of ether oxygens (including phenoxy) is 3. The Morgan fingerprint density at radius 2 is 1.90 bits per heavy atom. The third-order valence-corrected chi connectivity index (χ3v) is 4.37. The molecule has 0 atom stereocenters. The van der Waals surface area contributed by atoms with Crippen LogP contribution in [0.4, 0.5) is 13.2 Å². The molecule has 3 rings (SSSR count). The van der Waals surface area contributed by atoms with Crippen LogP contribution in [-0.2, 0) is 15.7 Å². The van der Waals surface area contributed by atoms with Crippen molar-refractivity contribution in [2.75, 3.05) is 13.7 Å². The molecule has 0 radical (unpaired) electrons. The average molecular weight is 473 g/mol. The van der Waals surface area contributed by atoms with Gasteiger partial charge in [-0.1, -0.05) is 12.1 Å². The van der Waals surface area contributed by atoms with Crippen molar-refractivity contribution in [3.63, 3.8) is 0 Å². The van der Waals surface area contributed by atoms with Crippen molar-refractivity contribution < 1.29 is 36.6 Å². The van der Waals surface area contributed by atoms with E-state index in [2.05, 4.69) is 20.7 Å². The number of fused-ring (bicyclic) bond motifs is 1. The van der Waals surface area contributed by atoms with E-state index < -0.39 is 35.7 Å². The largest absolute Gasteiger partial charge is 0.482 e. The number of esters is 1. The molecule has 152 valence electrons. The fourth-order valence-electron chi connectivity index (χ4n) is 2.36. The number of hydrogen-bond donors (Lipinski definition) is 0. The maximum Gasteiger partial charge on any atom is 0.453 e. The first-order valence-electron chi connectivity index (χ1n) is 8.00. The maximum absolute atomic E-state index is 13.5. The second kappa shape index (κ2) is 8.16. The summed E-state index contributed by atoms with van der Waals surface area (Å²) >= 11 is 3.15. The molecule has 0 aliphatic rings. The van der Waals surface area contributed by atoms with E-state index in [-0.39, 0.29) is 22.5 Å². The number of hydrogen-bond acceptors (Lipinski definition) is 6. The Balaban J connectivity index is 2.11.